The molecule has 0 radical (unpaired) electrons. The summed E-state index contributed by atoms with van der Waals surface area (Å²) in [6.45, 7) is 5.92. The molecular weight excluding hydrogens is 254 g/mol. The molecule has 5 nitrogen and oxygen atoms in total. The maximum absolute atomic E-state index is 8.70. The molecule has 0 heterocycles. The van der Waals surface area contributed by atoms with Crippen LogP contribution in [0.3, 0.4) is 0 Å². The van der Waals surface area contributed by atoms with Gasteiger partial charge in [-0.25, -0.2) is 0 Å². The fourth-order valence-corrected chi connectivity index (χ4v) is 1.84. The second-order valence-corrected chi connectivity index (χ2v) is 5.64. The van der Waals surface area contributed by atoms with E-state index in [1.807, 2.05) is 24.3 Å². The molecule has 0 aromatic heterocycles. The van der Waals surface area contributed by atoms with Crippen molar-refractivity contribution in [2.75, 3.05) is 20.7 Å². The Morgan fingerprint density at radius 2 is 2.15 bits per heavy atom. The van der Waals surface area contributed by atoms with Crippen molar-refractivity contribution in [2.24, 2.45) is 10.9 Å². The lowest BCUT2D eigenvalue weighted by Gasteiger charge is -2.26. The first-order valence-corrected chi connectivity index (χ1v) is 6.68. The lowest BCUT2D eigenvalue weighted by molar-refractivity contribution is 0.00867. The normalized spacial score (nSPS) is 12.9. The van der Waals surface area contributed by atoms with Crippen molar-refractivity contribution < 1.29 is 9.94 Å². The van der Waals surface area contributed by atoms with E-state index in [1.165, 1.54) is 0 Å². The average molecular weight is 279 g/mol. The number of amidine groups is 1. The summed E-state index contributed by atoms with van der Waals surface area (Å²) in [6, 6.07) is 7.71. The third-order valence-electron chi connectivity index (χ3n) is 3.43. The number of nitrogens with two attached hydrogens (primary N) is 1. The van der Waals surface area contributed by atoms with Gasteiger partial charge in [0.25, 0.3) is 0 Å². The van der Waals surface area contributed by atoms with Crippen molar-refractivity contribution in [3.63, 3.8) is 0 Å². The number of oxime groups is 1. The van der Waals surface area contributed by atoms with Gasteiger partial charge in [0.1, 0.15) is 0 Å². The summed E-state index contributed by atoms with van der Waals surface area (Å²) in [5.41, 5.74) is 7.35. The lowest BCUT2D eigenvalue weighted by atomic mass is 10.0. The summed E-state index contributed by atoms with van der Waals surface area (Å²) in [4.78, 5) is 2.23. The SMILES string of the molecule is COC(C)(C)CCN(C)Cc1cccc(/C(N)=N/O)c1. The van der Waals surface area contributed by atoms with Crippen molar-refractivity contribution in [1.82, 2.24) is 4.90 Å². The summed E-state index contributed by atoms with van der Waals surface area (Å²) in [7, 11) is 3.81. The van der Waals surface area contributed by atoms with Crippen molar-refractivity contribution in [3.8, 4) is 0 Å². The van der Waals surface area contributed by atoms with E-state index in [2.05, 4.69) is 31.0 Å². The van der Waals surface area contributed by atoms with Gasteiger partial charge in [-0.05, 0) is 38.9 Å². The molecule has 0 atom stereocenters. The van der Waals surface area contributed by atoms with Crippen LogP contribution in [0.1, 0.15) is 31.4 Å². The first kappa shape index (κ1) is 16.5. The van der Waals surface area contributed by atoms with Crippen LogP contribution >= 0.6 is 0 Å². The third kappa shape index (κ3) is 5.19. The molecule has 0 aliphatic carbocycles. The van der Waals surface area contributed by atoms with Crippen LogP contribution in [0.2, 0.25) is 0 Å². The topological polar surface area (TPSA) is 71.1 Å². The molecule has 0 spiro atoms. The summed E-state index contributed by atoms with van der Waals surface area (Å²) in [6.07, 6.45) is 0.958. The van der Waals surface area contributed by atoms with Gasteiger partial charge in [-0.1, -0.05) is 23.4 Å². The van der Waals surface area contributed by atoms with Gasteiger partial charge in [0.15, 0.2) is 5.84 Å². The minimum Gasteiger partial charge on any atom is -0.409 e. The number of benzene rings is 1. The van der Waals surface area contributed by atoms with E-state index in [-0.39, 0.29) is 11.4 Å². The van der Waals surface area contributed by atoms with Gasteiger partial charge in [0, 0.05) is 25.8 Å². The second-order valence-electron chi connectivity index (χ2n) is 5.64. The van der Waals surface area contributed by atoms with Crippen LogP contribution in [-0.2, 0) is 11.3 Å². The van der Waals surface area contributed by atoms with Crippen molar-refractivity contribution in [1.29, 1.82) is 0 Å². The maximum atomic E-state index is 8.70. The predicted octanol–water partition coefficient (Wildman–Crippen LogP) is 2.03. The first-order chi connectivity index (χ1) is 9.38. The number of nitrogens with zero attached hydrogens (tertiary/aromatic N) is 2. The molecule has 0 unspecified atom stereocenters. The van der Waals surface area contributed by atoms with E-state index >= 15 is 0 Å². The quantitative estimate of drug-likeness (QED) is 0.347. The van der Waals surface area contributed by atoms with Gasteiger partial charge in [-0.15, -0.1) is 0 Å². The lowest BCUT2D eigenvalue weighted by Crippen LogP contribution is -2.30. The number of ether oxygens (including phenoxy) is 1. The molecule has 20 heavy (non-hydrogen) atoms. The van der Waals surface area contributed by atoms with E-state index in [0.717, 1.165) is 30.6 Å². The van der Waals surface area contributed by atoms with E-state index in [1.54, 1.807) is 7.11 Å². The fourth-order valence-electron chi connectivity index (χ4n) is 1.84. The van der Waals surface area contributed by atoms with Crippen LogP contribution in [-0.4, -0.2) is 42.2 Å². The van der Waals surface area contributed by atoms with Gasteiger partial charge in [-0.2, -0.15) is 0 Å². The molecule has 0 aliphatic heterocycles. The molecule has 5 heteroatoms. The Bertz CT molecular complexity index is 458. The molecule has 1 aromatic rings. The fraction of sp³-hybridized carbons (Fsp3) is 0.533. The van der Waals surface area contributed by atoms with Crippen molar-refractivity contribution in [2.45, 2.75) is 32.4 Å². The summed E-state index contributed by atoms with van der Waals surface area (Å²) >= 11 is 0. The first-order valence-electron chi connectivity index (χ1n) is 6.68. The largest absolute Gasteiger partial charge is 0.409 e. The zero-order valence-electron chi connectivity index (χ0n) is 12.8. The minimum absolute atomic E-state index is 0.107. The summed E-state index contributed by atoms with van der Waals surface area (Å²) in [5, 5.41) is 11.7. The Labute approximate surface area is 121 Å². The van der Waals surface area contributed by atoms with Crippen LogP contribution < -0.4 is 5.73 Å². The summed E-state index contributed by atoms with van der Waals surface area (Å²) < 4.78 is 5.42. The highest BCUT2D eigenvalue weighted by atomic mass is 16.5. The molecule has 0 aliphatic rings. The van der Waals surface area contributed by atoms with Gasteiger partial charge in [-0.3, -0.25) is 0 Å². The molecule has 0 fully saturated rings. The van der Waals surface area contributed by atoms with Crippen LogP contribution in [0.5, 0.6) is 0 Å². The second kappa shape index (κ2) is 7.26. The zero-order valence-corrected chi connectivity index (χ0v) is 12.8. The molecule has 0 bridgehead atoms. The number of methoxy groups -OCH3 is 1. The van der Waals surface area contributed by atoms with Crippen LogP contribution in [0.4, 0.5) is 0 Å². The molecule has 0 saturated heterocycles. The molecule has 0 saturated carbocycles. The zero-order chi connectivity index (χ0) is 15.2. The van der Waals surface area contributed by atoms with E-state index in [4.69, 9.17) is 15.7 Å². The van der Waals surface area contributed by atoms with E-state index < -0.39 is 0 Å². The Morgan fingerprint density at radius 3 is 2.75 bits per heavy atom. The van der Waals surface area contributed by atoms with Crippen LogP contribution in [0.25, 0.3) is 0 Å². The highest BCUT2D eigenvalue weighted by Crippen LogP contribution is 2.14. The van der Waals surface area contributed by atoms with Crippen LogP contribution in [0, 0.1) is 0 Å². The highest BCUT2D eigenvalue weighted by Gasteiger charge is 2.16. The summed E-state index contributed by atoms with van der Waals surface area (Å²) in [5.74, 6) is 0.134. The standard InChI is InChI=1S/C15H25N3O2/c1-15(2,20-4)8-9-18(3)11-12-6-5-7-13(10-12)14(16)17-19/h5-7,10,19H,8-9,11H2,1-4H3,(H2,16,17). The highest BCUT2D eigenvalue weighted by molar-refractivity contribution is 5.97. The number of hydrogen-bond donors (Lipinski definition) is 2. The third-order valence-corrected chi connectivity index (χ3v) is 3.43. The molecule has 1 rings (SSSR count). The molecule has 112 valence electrons. The average Bonchev–Trinajstić information content (AvgIpc) is 2.44. The van der Waals surface area contributed by atoms with Gasteiger partial charge in [0.2, 0.25) is 0 Å². The molecular formula is C15H25N3O2. The number of rotatable bonds is 7. The van der Waals surface area contributed by atoms with Crippen molar-refractivity contribution in [3.05, 3.63) is 35.4 Å². The Hall–Kier alpha value is -1.59. The van der Waals surface area contributed by atoms with Crippen LogP contribution in [0.15, 0.2) is 29.4 Å². The monoisotopic (exact) mass is 279 g/mol. The predicted molar refractivity (Wildman–Crippen MR) is 81.0 cm³/mol. The Morgan fingerprint density at radius 1 is 1.45 bits per heavy atom. The van der Waals surface area contributed by atoms with Gasteiger partial charge in [0.05, 0.1) is 5.60 Å². The van der Waals surface area contributed by atoms with Gasteiger partial charge < -0.3 is 20.6 Å². The van der Waals surface area contributed by atoms with E-state index in [9.17, 15) is 0 Å². The molecule has 1 aromatic carbocycles. The minimum atomic E-state index is -0.107. The smallest absolute Gasteiger partial charge is 0.170 e. The Balaban J connectivity index is 2.60. The van der Waals surface area contributed by atoms with Gasteiger partial charge >= 0.3 is 0 Å². The molecule has 3 N–H and O–H groups in total. The van der Waals surface area contributed by atoms with Crippen molar-refractivity contribution >= 4 is 5.84 Å². The maximum Gasteiger partial charge on any atom is 0.170 e. The Kier molecular flexibility index (Phi) is 5.98. The van der Waals surface area contributed by atoms with E-state index in [0.29, 0.717) is 0 Å². The molecule has 0 amide bonds. The number of hydrogen-bond acceptors (Lipinski definition) is 4.